The quantitative estimate of drug-likeness (QED) is 0.571. The van der Waals surface area contributed by atoms with Crippen molar-refractivity contribution in [2.75, 3.05) is 40.5 Å². The maximum Gasteiger partial charge on any atom is 0.408 e. The van der Waals surface area contributed by atoms with E-state index in [1.165, 1.54) is 24.0 Å². The molecule has 2 saturated heterocycles. The highest BCUT2D eigenvalue weighted by Gasteiger charge is 2.49. The fourth-order valence-electron chi connectivity index (χ4n) is 4.29. The Morgan fingerprint density at radius 2 is 1.77 bits per heavy atom. The Kier molecular flexibility index (Phi) is 6.79. The fraction of sp³-hybridized carbons (Fsp3) is 0.789. The first-order valence-electron chi connectivity index (χ1n) is 10.1. The number of nitrogens with zero attached hydrogens (tertiary/aromatic N) is 3. The molecule has 2 aliphatic heterocycles. The molecular weight excluding hydrogens is 401 g/mol. The van der Waals surface area contributed by atoms with Crippen LogP contribution >= 0.6 is 0 Å². The number of alkyl halides is 1. The molecule has 1 aliphatic carbocycles. The number of carbonyl (C=O) groups is 4. The molecule has 0 unspecified atom stereocenters. The molecule has 10 nitrogen and oxygen atoms in total. The summed E-state index contributed by atoms with van der Waals surface area (Å²) in [5.74, 6) is -1.33. The van der Waals surface area contributed by atoms with Crippen molar-refractivity contribution in [3.63, 3.8) is 0 Å². The van der Waals surface area contributed by atoms with Gasteiger partial charge in [-0.05, 0) is 12.8 Å². The third kappa shape index (κ3) is 4.50. The summed E-state index contributed by atoms with van der Waals surface area (Å²) in [6, 6.07) is -2.47. The number of carboxylic acid groups (broad SMARTS) is 1. The average molecular weight is 429 g/mol. The lowest BCUT2D eigenvalue weighted by molar-refractivity contribution is -0.151. The number of esters is 1. The second kappa shape index (κ2) is 9.15. The Bertz CT molecular complexity index is 702. The summed E-state index contributed by atoms with van der Waals surface area (Å²) >= 11 is 0. The number of ether oxygens (including phenoxy) is 2. The molecule has 3 rings (SSSR count). The van der Waals surface area contributed by atoms with Gasteiger partial charge in [-0.15, -0.1) is 0 Å². The van der Waals surface area contributed by atoms with Gasteiger partial charge < -0.3 is 24.4 Å². The number of hydrogen-bond donors (Lipinski definition) is 1. The normalized spacial score (nSPS) is 28.5. The summed E-state index contributed by atoms with van der Waals surface area (Å²) in [5, 5.41) is 9.35. The number of halogens is 1. The third-order valence-corrected chi connectivity index (χ3v) is 6.00. The Balaban J connectivity index is 1.81. The smallest absolute Gasteiger partial charge is 0.408 e. The first kappa shape index (κ1) is 22.3. The van der Waals surface area contributed by atoms with Crippen molar-refractivity contribution in [3.05, 3.63) is 0 Å². The van der Waals surface area contributed by atoms with E-state index < -0.39 is 42.3 Å². The van der Waals surface area contributed by atoms with Gasteiger partial charge in [0.25, 0.3) is 0 Å². The van der Waals surface area contributed by atoms with Gasteiger partial charge in [-0.3, -0.25) is 14.5 Å². The maximum absolute atomic E-state index is 13.9. The summed E-state index contributed by atoms with van der Waals surface area (Å²) < 4.78 is 23.8. The summed E-state index contributed by atoms with van der Waals surface area (Å²) in [7, 11) is 2.71. The molecule has 3 aliphatic rings. The van der Waals surface area contributed by atoms with Gasteiger partial charge in [-0.1, -0.05) is 0 Å². The SMILES string of the molecule is COCCN(C(=O)[C@@H]1C[C@H](F)CN1C(=O)O)[C@@H]1C[C@H](C(=O)OC)N(C(=O)C2CC2)C1. The molecule has 3 amide bonds. The van der Waals surface area contributed by atoms with Gasteiger partial charge in [0, 0.05) is 39.0 Å². The minimum absolute atomic E-state index is 0.108. The minimum Gasteiger partial charge on any atom is -0.467 e. The molecule has 3 fully saturated rings. The van der Waals surface area contributed by atoms with Gasteiger partial charge in [-0.2, -0.15) is 0 Å². The van der Waals surface area contributed by atoms with Crippen LogP contribution in [-0.4, -0.2) is 108 Å². The van der Waals surface area contributed by atoms with E-state index in [0.717, 1.165) is 17.7 Å². The van der Waals surface area contributed by atoms with Crippen LogP contribution in [-0.2, 0) is 23.9 Å². The van der Waals surface area contributed by atoms with E-state index in [9.17, 15) is 28.7 Å². The van der Waals surface area contributed by atoms with Gasteiger partial charge in [0.2, 0.25) is 11.8 Å². The van der Waals surface area contributed by atoms with Crippen LogP contribution in [0.15, 0.2) is 0 Å². The molecule has 0 spiro atoms. The lowest BCUT2D eigenvalue weighted by atomic mass is 10.1. The van der Waals surface area contributed by atoms with Gasteiger partial charge in [-0.25, -0.2) is 14.0 Å². The first-order chi connectivity index (χ1) is 14.3. The molecule has 4 atom stereocenters. The fourth-order valence-corrected chi connectivity index (χ4v) is 4.29. The first-order valence-corrected chi connectivity index (χ1v) is 10.1. The van der Waals surface area contributed by atoms with Crippen molar-refractivity contribution >= 4 is 23.9 Å². The van der Waals surface area contributed by atoms with Crippen LogP contribution in [0.4, 0.5) is 9.18 Å². The number of amides is 3. The molecule has 11 heteroatoms. The predicted octanol–water partition coefficient (Wildman–Crippen LogP) is 0.104. The number of hydrogen-bond acceptors (Lipinski definition) is 6. The number of methoxy groups -OCH3 is 2. The van der Waals surface area contributed by atoms with Crippen molar-refractivity contribution in [1.29, 1.82) is 0 Å². The van der Waals surface area contributed by atoms with E-state index in [4.69, 9.17) is 9.47 Å². The number of carbonyl (C=O) groups excluding carboxylic acids is 3. The molecule has 0 radical (unpaired) electrons. The molecule has 0 aromatic rings. The van der Waals surface area contributed by atoms with Crippen molar-refractivity contribution in [3.8, 4) is 0 Å². The molecule has 2 heterocycles. The van der Waals surface area contributed by atoms with Crippen LogP contribution in [0.3, 0.4) is 0 Å². The zero-order valence-corrected chi connectivity index (χ0v) is 17.2. The molecule has 1 saturated carbocycles. The highest BCUT2D eigenvalue weighted by atomic mass is 19.1. The van der Waals surface area contributed by atoms with Crippen LogP contribution in [0.25, 0.3) is 0 Å². The summed E-state index contributed by atoms with van der Waals surface area (Å²) in [5.41, 5.74) is 0. The largest absolute Gasteiger partial charge is 0.467 e. The van der Waals surface area contributed by atoms with Gasteiger partial charge in [0.15, 0.2) is 0 Å². The molecule has 0 aromatic carbocycles. The van der Waals surface area contributed by atoms with Gasteiger partial charge in [0.05, 0.1) is 26.3 Å². The molecule has 168 valence electrons. The Hall–Kier alpha value is -2.43. The lowest BCUT2D eigenvalue weighted by Crippen LogP contribution is -2.52. The Morgan fingerprint density at radius 1 is 1.07 bits per heavy atom. The monoisotopic (exact) mass is 429 g/mol. The van der Waals surface area contributed by atoms with E-state index in [2.05, 4.69) is 0 Å². The zero-order chi connectivity index (χ0) is 22.0. The van der Waals surface area contributed by atoms with Crippen LogP contribution in [0.1, 0.15) is 25.7 Å². The highest BCUT2D eigenvalue weighted by molar-refractivity contribution is 5.89. The van der Waals surface area contributed by atoms with Crippen LogP contribution in [0.5, 0.6) is 0 Å². The zero-order valence-electron chi connectivity index (χ0n) is 17.2. The second-order valence-corrected chi connectivity index (χ2v) is 8.00. The highest BCUT2D eigenvalue weighted by Crippen LogP contribution is 2.35. The predicted molar refractivity (Wildman–Crippen MR) is 100 cm³/mol. The van der Waals surface area contributed by atoms with E-state index in [0.29, 0.717) is 0 Å². The van der Waals surface area contributed by atoms with Crippen molar-refractivity contribution in [1.82, 2.24) is 14.7 Å². The second-order valence-electron chi connectivity index (χ2n) is 8.00. The number of likely N-dealkylation sites (tertiary alicyclic amines) is 2. The number of rotatable bonds is 7. The standard InChI is InChI=1S/C19H28FN3O7/c1-29-6-5-21(17(25)14-7-12(20)9-23(14)19(27)28)13-8-15(18(26)30-2)22(10-13)16(24)11-3-4-11/h11-15H,3-10H2,1-2H3,(H,27,28)/t12-,13+,14-,15+/m0/s1. The molecule has 0 bridgehead atoms. The van der Waals surface area contributed by atoms with Crippen LogP contribution in [0.2, 0.25) is 0 Å². The maximum atomic E-state index is 13.9. The molecule has 0 aromatic heterocycles. The van der Waals surface area contributed by atoms with Gasteiger partial charge in [0.1, 0.15) is 18.3 Å². The summed E-state index contributed by atoms with van der Waals surface area (Å²) in [6.07, 6.45) is -1.27. The molecule has 30 heavy (non-hydrogen) atoms. The van der Waals surface area contributed by atoms with Crippen molar-refractivity contribution in [2.45, 2.75) is 50.0 Å². The summed E-state index contributed by atoms with van der Waals surface area (Å²) in [4.78, 5) is 53.4. The van der Waals surface area contributed by atoms with Crippen LogP contribution < -0.4 is 0 Å². The van der Waals surface area contributed by atoms with E-state index in [1.807, 2.05) is 0 Å². The summed E-state index contributed by atoms with van der Waals surface area (Å²) in [6.45, 7) is 0.107. The Morgan fingerprint density at radius 3 is 2.33 bits per heavy atom. The van der Waals surface area contributed by atoms with E-state index in [1.54, 1.807) is 0 Å². The average Bonchev–Trinajstić information content (AvgIpc) is 3.36. The minimum atomic E-state index is -1.42. The van der Waals surface area contributed by atoms with Crippen LogP contribution in [0, 0.1) is 5.92 Å². The molecular formula is C19H28FN3O7. The third-order valence-electron chi connectivity index (χ3n) is 6.00. The van der Waals surface area contributed by atoms with Gasteiger partial charge >= 0.3 is 12.1 Å². The Labute approximate surface area is 173 Å². The molecule has 1 N–H and O–H groups in total. The van der Waals surface area contributed by atoms with E-state index in [-0.39, 0.29) is 50.9 Å². The van der Waals surface area contributed by atoms with Crippen molar-refractivity contribution in [2.24, 2.45) is 5.92 Å². The topological polar surface area (TPSA) is 117 Å². The lowest BCUT2D eigenvalue weighted by Gasteiger charge is -2.33. The van der Waals surface area contributed by atoms with Crippen molar-refractivity contribution < 1.29 is 38.1 Å². The van der Waals surface area contributed by atoms with E-state index >= 15 is 0 Å².